The van der Waals surface area contributed by atoms with Crippen LogP contribution >= 0.6 is 15.9 Å². The van der Waals surface area contributed by atoms with Gasteiger partial charge in [0.05, 0.1) is 0 Å². The summed E-state index contributed by atoms with van der Waals surface area (Å²) in [5.41, 5.74) is 2.64. The highest BCUT2D eigenvalue weighted by Crippen LogP contribution is 2.28. The van der Waals surface area contributed by atoms with Gasteiger partial charge in [0.2, 0.25) is 0 Å². The van der Waals surface area contributed by atoms with Crippen molar-refractivity contribution in [3.8, 4) is 0 Å². The van der Waals surface area contributed by atoms with Gasteiger partial charge in [0.15, 0.2) is 0 Å². The zero-order valence-electron chi connectivity index (χ0n) is 13.5. The molecule has 0 fully saturated rings. The topological polar surface area (TPSA) is 15.3 Å². The predicted octanol–water partition coefficient (Wildman–Crippen LogP) is 4.99. The van der Waals surface area contributed by atoms with E-state index in [1.54, 1.807) is 0 Å². The number of nitrogens with one attached hydrogen (secondary N) is 1. The van der Waals surface area contributed by atoms with E-state index in [2.05, 4.69) is 79.0 Å². The van der Waals surface area contributed by atoms with Crippen molar-refractivity contribution in [2.24, 2.45) is 5.92 Å². The van der Waals surface area contributed by atoms with Crippen LogP contribution in [0.3, 0.4) is 0 Å². The van der Waals surface area contributed by atoms with E-state index >= 15 is 0 Å². The zero-order chi connectivity index (χ0) is 15.1. The van der Waals surface area contributed by atoms with Crippen LogP contribution in [0, 0.1) is 5.92 Å². The van der Waals surface area contributed by atoms with Gasteiger partial charge in [0.25, 0.3) is 0 Å². The van der Waals surface area contributed by atoms with Crippen LogP contribution in [0.15, 0.2) is 22.7 Å². The molecule has 0 saturated heterocycles. The Balaban J connectivity index is 2.85. The molecular formula is C17H29BrN2. The highest BCUT2D eigenvalue weighted by atomic mass is 79.9. The van der Waals surface area contributed by atoms with Crippen LogP contribution in [0.1, 0.15) is 52.6 Å². The Morgan fingerprint density at radius 1 is 1.20 bits per heavy atom. The van der Waals surface area contributed by atoms with Gasteiger partial charge in [-0.25, -0.2) is 0 Å². The van der Waals surface area contributed by atoms with Crippen molar-refractivity contribution in [1.29, 1.82) is 0 Å². The maximum atomic E-state index is 3.74. The third kappa shape index (κ3) is 5.10. The summed E-state index contributed by atoms with van der Waals surface area (Å²) in [5, 5.41) is 3.54. The van der Waals surface area contributed by atoms with E-state index in [4.69, 9.17) is 0 Å². The average Bonchev–Trinajstić information content (AvgIpc) is 2.41. The largest absolute Gasteiger partial charge is 0.372 e. The summed E-state index contributed by atoms with van der Waals surface area (Å²) in [6.07, 6.45) is 1.16. The first kappa shape index (κ1) is 17.5. The minimum absolute atomic E-state index is 0.388. The minimum Gasteiger partial charge on any atom is -0.372 e. The molecule has 1 rings (SSSR count). The van der Waals surface area contributed by atoms with E-state index in [-0.39, 0.29) is 0 Å². The second kappa shape index (κ2) is 8.68. The van der Waals surface area contributed by atoms with Gasteiger partial charge in [-0.15, -0.1) is 0 Å². The van der Waals surface area contributed by atoms with Crippen LogP contribution < -0.4 is 10.2 Å². The van der Waals surface area contributed by atoms with Crippen molar-refractivity contribution >= 4 is 21.6 Å². The van der Waals surface area contributed by atoms with Crippen molar-refractivity contribution < 1.29 is 0 Å². The van der Waals surface area contributed by atoms with Gasteiger partial charge in [-0.2, -0.15) is 0 Å². The monoisotopic (exact) mass is 340 g/mol. The molecule has 20 heavy (non-hydrogen) atoms. The summed E-state index contributed by atoms with van der Waals surface area (Å²) in [7, 11) is 0. The van der Waals surface area contributed by atoms with E-state index in [1.165, 1.54) is 15.7 Å². The third-order valence-corrected chi connectivity index (χ3v) is 4.17. The Hall–Kier alpha value is -0.540. The summed E-state index contributed by atoms with van der Waals surface area (Å²) in [6, 6.07) is 7.13. The summed E-state index contributed by atoms with van der Waals surface area (Å²) >= 11 is 3.74. The summed E-state index contributed by atoms with van der Waals surface area (Å²) in [5.74, 6) is 0.679. The number of anilines is 1. The quantitative estimate of drug-likeness (QED) is 0.716. The first-order valence-electron chi connectivity index (χ1n) is 7.77. The molecule has 2 nitrogen and oxygen atoms in total. The van der Waals surface area contributed by atoms with Crippen molar-refractivity contribution in [2.45, 2.75) is 47.1 Å². The molecule has 114 valence electrons. The number of benzene rings is 1. The van der Waals surface area contributed by atoms with E-state index in [0.717, 1.165) is 26.1 Å². The molecule has 1 unspecified atom stereocenters. The average molecular weight is 341 g/mol. The lowest BCUT2D eigenvalue weighted by Crippen LogP contribution is -2.27. The maximum absolute atomic E-state index is 3.74. The van der Waals surface area contributed by atoms with Crippen LogP contribution in [0.4, 0.5) is 5.69 Å². The van der Waals surface area contributed by atoms with Gasteiger partial charge in [-0.3, -0.25) is 0 Å². The van der Waals surface area contributed by atoms with Gasteiger partial charge >= 0.3 is 0 Å². The molecule has 0 aliphatic carbocycles. The molecule has 0 spiro atoms. The van der Waals surface area contributed by atoms with Crippen molar-refractivity contribution in [2.75, 3.05) is 24.5 Å². The minimum atomic E-state index is 0.388. The summed E-state index contributed by atoms with van der Waals surface area (Å²) in [4.78, 5) is 2.43. The van der Waals surface area contributed by atoms with Crippen LogP contribution in [0.2, 0.25) is 0 Å². The molecule has 0 heterocycles. The molecule has 1 aromatic rings. The number of nitrogens with zero attached hydrogens (tertiary/aromatic N) is 1. The number of hydrogen-bond donors (Lipinski definition) is 1. The SMILES string of the molecule is CCCNC(C)c1ccc(N(CC)CC(C)C)cc1Br. The molecule has 0 saturated carbocycles. The molecule has 0 aliphatic rings. The predicted molar refractivity (Wildman–Crippen MR) is 93.6 cm³/mol. The second-order valence-corrected chi connectivity index (χ2v) is 6.67. The van der Waals surface area contributed by atoms with Crippen molar-refractivity contribution in [1.82, 2.24) is 5.32 Å². The van der Waals surface area contributed by atoms with Crippen LogP contribution in [-0.2, 0) is 0 Å². The highest BCUT2D eigenvalue weighted by molar-refractivity contribution is 9.10. The molecule has 1 N–H and O–H groups in total. The molecule has 0 amide bonds. The standard InChI is InChI=1S/C17H29BrN2/c1-6-10-19-14(5)16-9-8-15(11-17(16)18)20(7-2)12-13(3)4/h8-9,11,13-14,19H,6-7,10,12H2,1-5H3. The fourth-order valence-corrected chi connectivity index (χ4v) is 3.10. The van der Waals surface area contributed by atoms with Crippen LogP contribution in [0.25, 0.3) is 0 Å². The van der Waals surface area contributed by atoms with Crippen molar-refractivity contribution in [3.05, 3.63) is 28.2 Å². The number of rotatable bonds is 8. The molecule has 0 aromatic heterocycles. The third-order valence-electron chi connectivity index (χ3n) is 3.48. The highest BCUT2D eigenvalue weighted by Gasteiger charge is 2.12. The molecule has 3 heteroatoms. The Bertz CT molecular complexity index is 404. The smallest absolute Gasteiger partial charge is 0.0377 e. The number of hydrogen-bond acceptors (Lipinski definition) is 2. The zero-order valence-corrected chi connectivity index (χ0v) is 15.1. The fraction of sp³-hybridized carbons (Fsp3) is 0.647. The lowest BCUT2D eigenvalue weighted by Gasteiger charge is -2.26. The Morgan fingerprint density at radius 2 is 1.90 bits per heavy atom. The first-order valence-corrected chi connectivity index (χ1v) is 8.56. The van der Waals surface area contributed by atoms with Gasteiger partial charge in [-0.05, 0) is 50.4 Å². The summed E-state index contributed by atoms with van der Waals surface area (Å²) in [6.45, 7) is 14.4. The van der Waals surface area contributed by atoms with Crippen LogP contribution in [0.5, 0.6) is 0 Å². The fourth-order valence-electron chi connectivity index (χ4n) is 2.39. The number of halogens is 1. The Labute approximate surface area is 133 Å². The maximum Gasteiger partial charge on any atom is 0.0377 e. The first-order chi connectivity index (χ1) is 9.49. The van der Waals surface area contributed by atoms with Crippen LogP contribution in [-0.4, -0.2) is 19.6 Å². The van der Waals surface area contributed by atoms with E-state index in [1.807, 2.05) is 0 Å². The molecule has 0 radical (unpaired) electrons. The van der Waals surface area contributed by atoms with E-state index in [9.17, 15) is 0 Å². The van der Waals surface area contributed by atoms with Crippen molar-refractivity contribution in [3.63, 3.8) is 0 Å². The second-order valence-electron chi connectivity index (χ2n) is 5.81. The van der Waals surface area contributed by atoms with Gasteiger partial charge in [0.1, 0.15) is 0 Å². The van der Waals surface area contributed by atoms with Gasteiger partial charge in [-0.1, -0.05) is 42.8 Å². The van der Waals surface area contributed by atoms with Gasteiger partial charge < -0.3 is 10.2 Å². The Kier molecular flexibility index (Phi) is 7.60. The lowest BCUT2D eigenvalue weighted by atomic mass is 10.1. The summed E-state index contributed by atoms with van der Waals surface area (Å²) < 4.78 is 1.20. The Morgan fingerprint density at radius 3 is 2.40 bits per heavy atom. The normalized spacial score (nSPS) is 12.8. The van der Waals surface area contributed by atoms with E-state index < -0.39 is 0 Å². The molecule has 1 atom stereocenters. The molecular weight excluding hydrogens is 312 g/mol. The van der Waals surface area contributed by atoms with Gasteiger partial charge in [0, 0.05) is 29.3 Å². The molecule has 0 aliphatic heterocycles. The lowest BCUT2D eigenvalue weighted by molar-refractivity contribution is 0.568. The molecule has 0 bridgehead atoms. The molecule has 1 aromatic carbocycles. The van der Waals surface area contributed by atoms with E-state index in [0.29, 0.717) is 12.0 Å².